The third-order valence-electron chi connectivity index (χ3n) is 2.65. The summed E-state index contributed by atoms with van der Waals surface area (Å²) in [5, 5.41) is 2.06. The van der Waals surface area contributed by atoms with Crippen LogP contribution in [0.4, 0.5) is 0 Å². The van der Waals surface area contributed by atoms with Crippen LogP contribution in [0.2, 0.25) is 0 Å². The molecule has 2 N–H and O–H groups in total. The summed E-state index contributed by atoms with van der Waals surface area (Å²) in [7, 11) is 1.67. The van der Waals surface area contributed by atoms with Crippen molar-refractivity contribution in [1.29, 1.82) is 0 Å². The van der Waals surface area contributed by atoms with E-state index in [1.807, 2.05) is 18.2 Å². The van der Waals surface area contributed by atoms with E-state index in [1.54, 1.807) is 18.4 Å². The molecule has 96 valence electrons. The second kappa shape index (κ2) is 6.54. The highest BCUT2D eigenvalue weighted by atomic mass is 32.1. The molecule has 2 rings (SSSR count). The predicted molar refractivity (Wildman–Crippen MR) is 75.0 cm³/mol. The molecule has 4 heteroatoms. The maximum absolute atomic E-state index is 5.75. The summed E-state index contributed by atoms with van der Waals surface area (Å²) in [6.07, 6.45) is 0. The van der Waals surface area contributed by atoms with Crippen LogP contribution in [0, 0.1) is 0 Å². The van der Waals surface area contributed by atoms with Crippen molar-refractivity contribution in [2.45, 2.75) is 6.54 Å². The lowest BCUT2D eigenvalue weighted by molar-refractivity contribution is 0.146. The Morgan fingerprint density at radius 3 is 2.72 bits per heavy atom. The Balaban J connectivity index is 2.27. The molecule has 0 aliphatic heterocycles. The van der Waals surface area contributed by atoms with Gasteiger partial charge in [0.25, 0.3) is 0 Å². The molecule has 0 amide bonds. The van der Waals surface area contributed by atoms with Crippen molar-refractivity contribution in [3.8, 4) is 16.9 Å². The molecule has 0 aliphatic carbocycles. The van der Waals surface area contributed by atoms with Crippen molar-refractivity contribution < 1.29 is 9.47 Å². The monoisotopic (exact) mass is 263 g/mol. The van der Waals surface area contributed by atoms with Gasteiger partial charge in [-0.1, -0.05) is 18.2 Å². The molecule has 18 heavy (non-hydrogen) atoms. The van der Waals surface area contributed by atoms with Gasteiger partial charge >= 0.3 is 0 Å². The first-order chi connectivity index (χ1) is 8.86. The van der Waals surface area contributed by atoms with Gasteiger partial charge in [-0.05, 0) is 17.5 Å². The van der Waals surface area contributed by atoms with Gasteiger partial charge < -0.3 is 15.2 Å². The normalized spacial score (nSPS) is 10.6. The smallest absolute Gasteiger partial charge is 0.127 e. The molecule has 3 nitrogen and oxygen atoms in total. The molecule has 0 bridgehead atoms. The van der Waals surface area contributed by atoms with Crippen LogP contribution < -0.4 is 10.5 Å². The van der Waals surface area contributed by atoms with E-state index in [0.717, 1.165) is 16.9 Å². The molecule has 0 atom stereocenters. The number of hydrogen-bond donors (Lipinski definition) is 1. The van der Waals surface area contributed by atoms with Crippen LogP contribution in [-0.2, 0) is 11.3 Å². The molecule has 0 radical (unpaired) electrons. The molecule has 0 saturated carbocycles. The Hall–Kier alpha value is -1.36. The molecule has 0 unspecified atom stereocenters. The van der Waals surface area contributed by atoms with Gasteiger partial charge in [0.05, 0.1) is 6.61 Å². The summed E-state index contributed by atoms with van der Waals surface area (Å²) < 4.78 is 10.7. The third-order valence-corrected chi connectivity index (χ3v) is 3.60. The van der Waals surface area contributed by atoms with Crippen LogP contribution in [-0.4, -0.2) is 20.3 Å². The highest BCUT2D eigenvalue weighted by Gasteiger charge is 2.10. The SMILES string of the molecule is COCCOc1ccccc1-c1ccsc1CN. The molecule has 2 aromatic rings. The Kier molecular flexibility index (Phi) is 4.75. The maximum atomic E-state index is 5.75. The summed E-state index contributed by atoms with van der Waals surface area (Å²) in [6, 6.07) is 10.1. The summed E-state index contributed by atoms with van der Waals surface area (Å²) in [6.45, 7) is 1.69. The van der Waals surface area contributed by atoms with Gasteiger partial charge in [-0.3, -0.25) is 0 Å². The average Bonchev–Trinajstić information content (AvgIpc) is 2.88. The minimum absolute atomic E-state index is 0.551. The Morgan fingerprint density at radius 2 is 1.94 bits per heavy atom. The minimum atomic E-state index is 0.551. The van der Waals surface area contributed by atoms with Gasteiger partial charge in [-0.15, -0.1) is 11.3 Å². The number of thiophene rings is 1. The second-order valence-corrected chi connectivity index (χ2v) is 4.80. The molecule has 1 heterocycles. The summed E-state index contributed by atoms with van der Waals surface area (Å²) >= 11 is 1.68. The van der Waals surface area contributed by atoms with Gasteiger partial charge in [0.1, 0.15) is 12.4 Å². The van der Waals surface area contributed by atoms with Gasteiger partial charge in [0, 0.05) is 29.7 Å². The Bertz CT molecular complexity index is 496. The predicted octanol–water partition coefficient (Wildman–Crippen LogP) is 2.90. The van der Waals surface area contributed by atoms with Crippen LogP contribution in [0.25, 0.3) is 11.1 Å². The topological polar surface area (TPSA) is 44.5 Å². The number of rotatable bonds is 6. The van der Waals surface area contributed by atoms with Crippen LogP contribution in [0.1, 0.15) is 4.88 Å². The van der Waals surface area contributed by atoms with Crippen molar-refractivity contribution in [3.63, 3.8) is 0 Å². The first kappa shape index (κ1) is 13.1. The fourth-order valence-corrected chi connectivity index (χ4v) is 2.56. The Labute approximate surface area is 111 Å². The minimum Gasteiger partial charge on any atom is -0.491 e. The third kappa shape index (κ3) is 2.90. The first-order valence-electron chi connectivity index (χ1n) is 5.84. The number of benzene rings is 1. The van der Waals surface area contributed by atoms with Crippen LogP contribution in [0.15, 0.2) is 35.7 Å². The molecule has 1 aromatic heterocycles. The second-order valence-electron chi connectivity index (χ2n) is 3.80. The van der Waals surface area contributed by atoms with Crippen LogP contribution in [0.3, 0.4) is 0 Å². The van der Waals surface area contributed by atoms with E-state index in [0.29, 0.717) is 19.8 Å². The zero-order chi connectivity index (χ0) is 12.8. The lowest BCUT2D eigenvalue weighted by atomic mass is 10.1. The van der Waals surface area contributed by atoms with Crippen molar-refractivity contribution >= 4 is 11.3 Å². The molecule has 0 spiro atoms. The van der Waals surface area contributed by atoms with E-state index in [1.165, 1.54) is 4.88 Å². The van der Waals surface area contributed by atoms with E-state index in [2.05, 4.69) is 17.5 Å². The number of nitrogens with two attached hydrogens (primary N) is 1. The summed E-state index contributed by atoms with van der Waals surface area (Å²) in [5.74, 6) is 0.877. The molecule has 1 aromatic carbocycles. The van der Waals surface area contributed by atoms with E-state index in [9.17, 15) is 0 Å². The van der Waals surface area contributed by atoms with Gasteiger partial charge in [-0.2, -0.15) is 0 Å². The average molecular weight is 263 g/mol. The van der Waals surface area contributed by atoms with E-state index < -0.39 is 0 Å². The number of ether oxygens (including phenoxy) is 2. The highest BCUT2D eigenvalue weighted by Crippen LogP contribution is 2.34. The zero-order valence-corrected chi connectivity index (χ0v) is 11.2. The van der Waals surface area contributed by atoms with Crippen LogP contribution >= 0.6 is 11.3 Å². The molecular formula is C14H17NO2S. The van der Waals surface area contributed by atoms with Crippen molar-refractivity contribution in [2.75, 3.05) is 20.3 Å². The van der Waals surface area contributed by atoms with Gasteiger partial charge in [0.2, 0.25) is 0 Å². The van der Waals surface area contributed by atoms with Crippen molar-refractivity contribution in [2.24, 2.45) is 5.73 Å². The maximum Gasteiger partial charge on any atom is 0.127 e. The standard InChI is InChI=1S/C14H17NO2S/c1-16-7-8-17-13-5-3-2-4-11(13)12-6-9-18-14(12)10-15/h2-6,9H,7-8,10,15H2,1H3. The van der Waals surface area contributed by atoms with E-state index in [4.69, 9.17) is 15.2 Å². The summed E-state index contributed by atoms with van der Waals surface area (Å²) in [4.78, 5) is 1.18. The fourth-order valence-electron chi connectivity index (χ4n) is 1.79. The van der Waals surface area contributed by atoms with Crippen molar-refractivity contribution in [3.05, 3.63) is 40.6 Å². The Morgan fingerprint density at radius 1 is 1.11 bits per heavy atom. The van der Waals surface area contributed by atoms with E-state index >= 15 is 0 Å². The van der Waals surface area contributed by atoms with E-state index in [-0.39, 0.29) is 0 Å². The lowest BCUT2D eigenvalue weighted by Gasteiger charge is -2.11. The molecular weight excluding hydrogens is 246 g/mol. The lowest BCUT2D eigenvalue weighted by Crippen LogP contribution is -2.05. The fraction of sp³-hybridized carbons (Fsp3) is 0.286. The number of hydrogen-bond acceptors (Lipinski definition) is 4. The van der Waals surface area contributed by atoms with Crippen LogP contribution in [0.5, 0.6) is 5.75 Å². The molecule has 0 fully saturated rings. The number of methoxy groups -OCH3 is 1. The highest BCUT2D eigenvalue weighted by molar-refractivity contribution is 7.10. The zero-order valence-electron chi connectivity index (χ0n) is 10.4. The van der Waals surface area contributed by atoms with Gasteiger partial charge in [0.15, 0.2) is 0 Å². The molecule has 0 saturated heterocycles. The molecule has 0 aliphatic rings. The largest absolute Gasteiger partial charge is 0.491 e. The summed E-state index contributed by atoms with van der Waals surface area (Å²) in [5.41, 5.74) is 8.01. The van der Waals surface area contributed by atoms with Gasteiger partial charge in [-0.25, -0.2) is 0 Å². The quantitative estimate of drug-likeness (QED) is 0.815. The number of para-hydroxylation sites is 1. The first-order valence-corrected chi connectivity index (χ1v) is 6.72. The van der Waals surface area contributed by atoms with Crippen molar-refractivity contribution in [1.82, 2.24) is 0 Å².